The minimum absolute atomic E-state index is 0.290. The number of carbonyl (C=O) groups excluding carboxylic acids is 1. The van der Waals surface area contributed by atoms with Crippen molar-refractivity contribution < 1.29 is 9.53 Å². The molecule has 3 heteroatoms. The molecule has 0 aliphatic heterocycles. The van der Waals surface area contributed by atoms with Crippen LogP contribution in [0.25, 0.3) is 0 Å². The summed E-state index contributed by atoms with van der Waals surface area (Å²) in [6.45, 7) is 2.91. The molecule has 4 saturated carbocycles. The fraction of sp³-hybridized carbons (Fsp3) is 0.947. The van der Waals surface area contributed by atoms with Gasteiger partial charge in [0, 0.05) is 31.0 Å². The number of rotatable bonds is 4. The molecule has 3 nitrogen and oxygen atoms in total. The fourth-order valence-corrected chi connectivity index (χ4v) is 6.36. The van der Waals surface area contributed by atoms with Crippen molar-refractivity contribution in [1.29, 1.82) is 0 Å². The summed E-state index contributed by atoms with van der Waals surface area (Å²) in [7, 11) is 2.08. The average Bonchev–Trinajstić information content (AvgIpc) is 3.25. The van der Waals surface area contributed by atoms with Crippen LogP contribution in [0.15, 0.2) is 0 Å². The molecule has 0 radical (unpaired) electrons. The third-order valence-corrected chi connectivity index (χ3v) is 7.51. The number of hydrogen-bond acceptors (Lipinski definition) is 2. The van der Waals surface area contributed by atoms with Crippen molar-refractivity contribution in [2.45, 2.75) is 76.9 Å². The Balaban J connectivity index is 1.46. The van der Waals surface area contributed by atoms with E-state index in [1.807, 2.05) is 0 Å². The molecule has 22 heavy (non-hydrogen) atoms. The van der Waals surface area contributed by atoms with Gasteiger partial charge in [-0.05, 0) is 57.3 Å². The second-order valence-corrected chi connectivity index (χ2v) is 8.37. The van der Waals surface area contributed by atoms with Gasteiger partial charge in [0.05, 0.1) is 6.10 Å². The molecule has 0 N–H and O–H groups in total. The van der Waals surface area contributed by atoms with Crippen LogP contribution in [0.5, 0.6) is 0 Å². The summed E-state index contributed by atoms with van der Waals surface area (Å²) < 4.78 is 6.01. The van der Waals surface area contributed by atoms with E-state index in [0.29, 0.717) is 29.9 Å². The van der Waals surface area contributed by atoms with Gasteiger partial charge in [0.1, 0.15) is 0 Å². The zero-order chi connectivity index (χ0) is 15.3. The van der Waals surface area contributed by atoms with Gasteiger partial charge < -0.3 is 9.64 Å². The third-order valence-electron chi connectivity index (χ3n) is 7.51. The number of nitrogens with zero attached hydrogens (tertiary/aromatic N) is 1. The molecule has 5 atom stereocenters. The van der Waals surface area contributed by atoms with Gasteiger partial charge in [-0.3, -0.25) is 4.79 Å². The van der Waals surface area contributed by atoms with Crippen LogP contribution in [0.2, 0.25) is 0 Å². The molecule has 0 aromatic rings. The first-order chi connectivity index (χ1) is 10.7. The predicted molar refractivity (Wildman–Crippen MR) is 86.4 cm³/mol. The van der Waals surface area contributed by atoms with Crippen molar-refractivity contribution in [3.63, 3.8) is 0 Å². The Kier molecular flexibility index (Phi) is 3.75. The fourth-order valence-electron chi connectivity index (χ4n) is 6.36. The van der Waals surface area contributed by atoms with Gasteiger partial charge in [0.2, 0.25) is 5.91 Å². The van der Waals surface area contributed by atoms with Gasteiger partial charge in [-0.15, -0.1) is 0 Å². The van der Waals surface area contributed by atoms with Crippen molar-refractivity contribution in [1.82, 2.24) is 4.90 Å². The molecule has 1 spiro atoms. The van der Waals surface area contributed by atoms with Gasteiger partial charge in [-0.1, -0.05) is 19.3 Å². The summed E-state index contributed by atoms with van der Waals surface area (Å²) in [5.41, 5.74) is 0.290. The molecule has 2 bridgehead atoms. The van der Waals surface area contributed by atoms with Crippen LogP contribution in [0, 0.1) is 23.2 Å². The van der Waals surface area contributed by atoms with E-state index in [1.54, 1.807) is 0 Å². The van der Waals surface area contributed by atoms with Gasteiger partial charge >= 0.3 is 0 Å². The Morgan fingerprint density at radius 1 is 1.18 bits per heavy atom. The van der Waals surface area contributed by atoms with Crippen molar-refractivity contribution in [2.24, 2.45) is 23.2 Å². The third kappa shape index (κ3) is 2.07. The van der Waals surface area contributed by atoms with E-state index in [4.69, 9.17) is 4.74 Å². The molecule has 0 aromatic carbocycles. The SMILES string of the molecule is CCO[C@@H]1C[C@@H](N(C)C(=O)[C@@H]2C[C@H]3CC[C@H]2C3)C12CCCC2. The van der Waals surface area contributed by atoms with Crippen molar-refractivity contribution in [3.8, 4) is 0 Å². The highest BCUT2D eigenvalue weighted by atomic mass is 16.5. The number of amides is 1. The highest BCUT2D eigenvalue weighted by molar-refractivity contribution is 5.80. The summed E-state index contributed by atoms with van der Waals surface area (Å²) in [6, 6.07) is 0.443. The van der Waals surface area contributed by atoms with Crippen molar-refractivity contribution in [3.05, 3.63) is 0 Å². The lowest BCUT2D eigenvalue weighted by Gasteiger charge is -2.57. The monoisotopic (exact) mass is 305 g/mol. The van der Waals surface area contributed by atoms with Crippen molar-refractivity contribution in [2.75, 3.05) is 13.7 Å². The maximum atomic E-state index is 13.1. The first-order valence-electron chi connectivity index (χ1n) is 9.54. The molecule has 4 aliphatic rings. The van der Waals surface area contributed by atoms with Crippen LogP contribution in [-0.2, 0) is 9.53 Å². The van der Waals surface area contributed by atoms with E-state index in [1.165, 1.54) is 51.4 Å². The maximum Gasteiger partial charge on any atom is 0.225 e. The standard InChI is InChI=1S/C19H31NO2/c1-3-22-17-12-16(19(17)8-4-5-9-19)20(2)18(21)15-11-13-6-7-14(15)10-13/h13-17H,3-12H2,1-2H3/t13-,14-,15+,16+,17+/m0/s1. The lowest BCUT2D eigenvalue weighted by Crippen LogP contribution is -2.64. The van der Waals surface area contributed by atoms with Crippen LogP contribution in [0.1, 0.15) is 64.7 Å². The molecular weight excluding hydrogens is 274 g/mol. The van der Waals surface area contributed by atoms with E-state index in [-0.39, 0.29) is 5.41 Å². The highest BCUT2D eigenvalue weighted by Gasteiger charge is 2.59. The van der Waals surface area contributed by atoms with E-state index in [2.05, 4.69) is 18.9 Å². The van der Waals surface area contributed by atoms with Crippen LogP contribution in [0.3, 0.4) is 0 Å². The Morgan fingerprint density at radius 2 is 1.95 bits per heavy atom. The van der Waals surface area contributed by atoms with Crippen molar-refractivity contribution >= 4 is 5.91 Å². The quantitative estimate of drug-likeness (QED) is 0.794. The molecule has 124 valence electrons. The maximum absolute atomic E-state index is 13.1. The zero-order valence-corrected chi connectivity index (χ0v) is 14.2. The molecule has 4 fully saturated rings. The summed E-state index contributed by atoms with van der Waals surface area (Å²) in [5.74, 6) is 2.35. The van der Waals surface area contributed by atoms with Crippen LogP contribution in [0.4, 0.5) is 0 Å². The molecule has 0 unspecified atom stereocenters. The van der Waals surface area contributed by atoms with E-state index < -0.39 is 0 Å². The van der Waals surface area contributed by atoms with Gasteiger partial charge in [0.25, 0.3) is 0 Å². The minimum Gasteiger partial charge on any atom is -0.378 e. The largest absolute Gasteiger partial charge is 0.378 e. The predicted octanol–water partition coefficient (Wildman–Crippen LogP) is 3.62. The Hall–Kier alpha value is -0.570. The normalized spacial score (nSPS) is 41.8. The lowest BCUT2D eigenvalue weighted by atomic mass is 9.59. The smallest absolute Gasteiger partial charge is 0.225 e. The molecule has 1 amide bonds. The summed E-state index contributed by atoms with van der Waals surface area (Å²) in [5, 5.41) is 0. The van der Waals surface area contributed by atoms with E-state index in [0.717, 1.165) is 18.9 Å². The summed E-state index contributed by atoms with van der Waals surface area (Å²) in [6.07, 6.45) is 11.8. The molecule has 0 saturated heterocycles. The second kappa shape index (κ2) is 5.51. The molecule has 4 aliphatic carbocycles. The van der Waals surface area contributed by atoms with Crippen LogP contribution < -0.4 is 0 Å². The minimum atomic E-state index is 0.290. The van der Waals surface area contributed by atoms with E-state index >= 15 is 0 Å². The number of ether oxygens (including phenoxy) is 1. The molecule has 0 aromatic heterocycles. The van der Waals surface area contributed by atoms with Gasteiger partial charge in [0.15, 0.2) is 0 Å². The zero-order valence-electron chi connectivity index (χ0n) is 14.2. The Labute approximate surface area is 134 Å². The number of fused-ring (bicyclic) bond motifs is 2. The second-order valence-electron chi connectivity index (χ2n) is 8.37. The molecular formula is C19H31NO2. The summed E-state index contributed by atoms with van der Waals surface area (Å²) >= 11 is 0. The van der Waals surface area contributed by atoms with E-state index in [9.17, 15) is 4.79 Å². The van der Waals surface area contributed by atoms with Gasteiger partial charge in [-0.2, -0.15) is 0 Å². The number of carbonyl (C=O) groups is 1. The van der Waals surface area contributed by atoms with Gasteiger partial charge in [-0.25, -0.2) is 0 Å². The molecule has 0 heterocycles. The lowest BCUT2D eigenvalue weighted by molar-refractivity contribution is -0.175. The Morgan fingerprint density at radius 3 is 2.55 bits per heavy atom. The topological polar surface area (TPSA) is 29.5 Å². The van der Waals surface area contributed by atoms with Crippen LogP contribution in [-0.4, -0.2) is 36.6 Å². The first-order valence-corrected chi connectivity index (χ1v) is 9.54. The summed E-state index contributed by atoms with van der Waals surface area (Å²) in [4.78, 5) is 15.2. The first kappa shape index (κ1) is 15.0. The average molecular weight is 305 g/mol. The highest BCUT2D eigenvalue weighted by Crippen LogP contribution is 2.57. The molecule has 4 rings (SSSR count). The van der Waals surface area contributed by atoms with Crippen LogP contribution >= 0.6 is 0 Å². The Bertz CT molecular complexity index is 443. The number of hydrogen-bond donors (Lipinski definition) is 0.